The van der Waals surface area contributed by atoms with Gasteiger partial charge in [0.05, 0.1) is 18.5 Å². The summed E-state index contributed by atoms with van der Waals surface area (Å²) >= 11 is 0. The fourth-order valence-electron chi connectivity index (χ4n) is 1.14. The summed E-state index contributed by atoms with van der Waals surface area (Å²) in [6, 6.07) is 3.42. The summed E-state index contributed by atoms with van der Waals surface area (Å²) in [5.41, 5.74) is 0.600. The molecule has 1 N–H and O–H groups in total. The fourth-order valence-corrected chi connectivity index (χ4v) is 1.14. The lowest BCUT2D eigenvalue weighted by atomic mass is 10.3. The zero-order chi connectivity index (χ0) is 11.4. The average Bonchev–Trinajstić information content (AvgIpc) is 2.73. The fraction of sp³-hybridized carbons (Fsp3) is 0.300. The van der Waals surface area contributed by atoms with Gasteiger partial charge in [-0.3, -0.25) is 4.98 Å². The van der Waals surface area contributed by atoms with Crippen LogP contribution in [0.5, 0.6) is 5.75 Å². The van der Waals surface area contributed by atoms with Crippen molar-refractivity contribution in [1.29, 1.82) is 0 Å². The maximum Gasteiger partial charge on any atom is 0.223 e. The first-order valence-electron chi connectivity index (χ1n) is 4.75. The molecular formula is C10H11N3O3. The lowest BCUT2D eigenvalue weighted by Gasteiger charge is -2.02. The van der Waals surface area contributed by atoms with Crippen molar-refractivity contribution < 1.29 is 14.4 Å². The third-order valence-corrected chi connectivity index (χ3v) is 1.90. The molecule has 6 heteroatoms. The van der Waals surface area contributed by atoms with E-state index in [4.69, 9.17) is 14.4 Å². The first-order chi connectivity index (χ1) is 7.78. The number of aliphatic hydroxyl groups is 1. The molecule has 2 heterocycles. The van der Waals surface area contributed by atoms with Crippen LogP contribution in [0.15, 0.2) is 22.9 Å². The summed E-state index contributed by atoms with van der Waals surface area (Å²) in [5, 5.41) is 12.5. The number of pyridine rings is 1. The summed E-state index contributed by atoms with van der Waals surface area (Å²) in [4.78, 5) is 7.97. The van der Waals surface area contributed by atoms with Gasteiger partial charge >= 0.3 is 0 Å². The van der Waals surface area contributed by atoms with Crippen molar-refractivity contribution in [2.75, 3.05) is 0 Å². The van der Waals surface area contributed by atoms with Crippen molar-refractivity contribution in [2.24, 2.45) is 0 Å². The minimum atomic E-state index is -0.0791. The predicted octanol–water partition coefficient (Wildman–Crippen LogP) is 0.844. The summed E-state index contributed by atoms with van der Waals surface area (Å²) in [5.74, 6) is 1.59. The Morgan fingerprint density at radius 1 is 1.44 bits per heavy atom. The number of aromatic nitrogens is 3. The van der Waals surface area contributed by atoms with E-state index in [1.54, 1.807) is 25.3 Å². The van der Waals surface area contributed by atoms with Crippen LogP contribution in [-0.2, 0) is 13.2 Å². The van der Waals surface area contributed by atoms with Crippen LogP contribution in [0, 0.1) is 6.92 Å². The van der Waals surface area contributed by atoms with Gasteiger partial charge in [-0.25, -0.2) is 0 Å². The van der Waals surface area contributed by atoms with Gasteiger partial charge < -0.3 is 14.4 Å². The Labute approximate surface area is 91.9 Å². The second-order valence-electron chi connectivity index (χ2n) is 3.16. The van der Waals surface area contributed by atoms with E-state index in [9.17, 15) is 0 Å². The van der Waals surface area contributed by atoms with E-state index in [2.05, 4.69) is 15.1 Å². The van der Waals surface area contributed by atoms with Crippen LogP contribution in [0.4, 0.5) is 0 Å². The zero-order valence-electron chi connectivity index (χ0n) is 8.75. The molecule has 84 valence electrons. The highest BCUT2D eigenvalue weighted by atomic mass is 16.5. The van der Waals surface area contributed by atoms with Gasteiger partial charge in [-0.05, 0) is 12.1 Å². The molecule has 0 aromatic carbocycles. The van der Waals surface area contributed by atoms with E-state index in [-0.39, 0.29) is 13.2 Å². The number of hydrogen-bond acceptors (Lipinski definition) is 6. The Kier molecular flexibility index (Phi) is 3.11. The average molecular weight is 221 g/mol. The molecule has 0 fully saturated rings. The predicted molar refractivity (Wildman–Crippen MR) is 53.5 cm³/mol. The monoisotopic (exact) mass is 221 g/mol. The van der Waals surface area contributed by atoms with Crippen molar-refractivity contribution in [2.45, 2.75) is 20.1 Å². The largest absolute Gasteiger partial charge is 0.484 e. The third kappa shape index (κ3) is 2.54. The second kappa shape index (κ2) is 4.71. The molecule has 2 rings (SSSR count). The highest BCUT2D eigenvalue weighted by molar-refractivity contribution is 5.19. The minimum Gasteiger partial charge on any atom is -0.484 e. The van der Waals surface area contributed by atoms with Crippen LogP contribution in [-0.4, -0.2) is 20.2 Å². The number of aryl methyl sites for hydroxylation is 1. The van der Waals surface area contributed by atoms with Crippen molar-refractivity contribution >= 4 is 0 Å². The van der Waals surface area contributed by atoms with Gasteiger partial charge in [-0.1, -0.05) is 5.16 Å². The third-order valence-electron chi connectivity index (χ3n) is 1.90. The normalized spacial score (nSPS) is 10.4. The lowest BCUT2D eigenvalue weighted by Crippen LogP contribution is -1.98. The summed E-state index contributed by atoms with van der Waals surface area (Å²) in [6.07, 6.45) is 1.54. The van der Waals surface area contributed by atoms with Gasteiger partial charge in [0.25, 0.3) is 0 Å². The molecule has 0 atom stereocenters. The Morgan fingerprint density at radius 2 is 2.31 bits per heavy atom. The van der Waals surface area contributed by atoms with Crippen LogP contribution in [0.3, 0.4) is 0 Å². The first-order valence-corrected chi connectivity index (χ1v) is 4.75. The highest BCUT2D eigenvalue weighted by Gasteiger charge is 2.03. The Morgan fingerprint density at radius 3 is 2.88 bits per heavy atom. The van der Waals surface area contributed by atoms with Gasteiger partial charge in [0.15, 0.2) is 6.61 Å². The summed E-state index contributed by atoms with van der Waals surface area (Å²) in [7, 11) is 0. The summed E-state index contributed by atoms with van der Waals surface area (Å²) < 4.78 is 10.2. The van der Waals surface area contributed by atoms with Crippen LogP contribution in [0.25, 0.3) is 0 Å². The van der Waals surface area contributed by atoms with Crippen molar-refractivity contribution in [1.82, 2.24) is 15.1 Å². The van der Waals surface area contributed by atoms with E-state index in [1.807, 2.05) is 0 Å². The van der Waals surface area contributed by atoms with E-state index in [0.717, 1.165) is 0 Å². The quantitative estimate of drug-likeness (QED) is 0.824. The van der Waals surface area contributed by atoms with Gasteiger partial charge in [-0.2, -0.15) is 4.98 Å². The molecule has 2 aromatic rings. The molecule has 0 radical (unpaired) electrons. The van der Waals surface area contributed by atoms with E-state index < -0.39 is 0 Å². The Bertz CT molecular complexity index is 453. The molecule has 0 saturated carbocycles. The SMILES string of the molecule is Cc1nc(COc2ccc(CO)nc2)no1. The minimum absolute atomic E-state index is 0.0791. The van der Waals surface area contributed by atoms with E-state index >= 15 is 0 Å². The standard InChI is InChI=1S/C10H11N3O3/c1-7-12-10(13-16-7)6-15-9-3-2-8(5-14)11-4-9/h2-4,14H,5-6H2,1H3. The van der Waals surface area contributed by atoms with Gasteiger partial charge in [0.1, 0.15) is 5.75 Å². The topological polar surface area (TPSA) is 81.3 Å². The molecule has 0 spiro atoms. The molecule has 2 aromatic heterocycles. The van der Waals surface area contributed by atoms with Crippen LogP contribution in [0.1, 0.15) is 17.4 Å². The Balaban J connectivity index is 1.94. The molecule has 0 amide bonds. The molecular weight excluding hydrogens is 210 g/mol. The molecule has 0 aliphatic carbocycles. The smallest absolute Gasteiger partial charge is 0.223 e. The molecule has 0 aliphatic heterocycles. The number of aliphatic hydroxyl groups excluding tert-OH is 1. The van der Waals surface area contributed by atoms with Crippen LogP contribution < -0.4 is 4.74 Å². The number of rotatable bonds is 4. The molecule has 0 bridgehead atoms. The van der Waals surface area contributed by atoms with Gasteiger partial charge in [0.2, 0.25) is 11.7 Å². The molecule has 16 heavy (non-hydrogen) atoms. The molecule has 0 saturated heterocycles. The van der Waals surface area contributed by atoms with E-state index in [0.29, 0.717) is 23.2 Å². The van der Waals surface area contributed by atoms with Gasteiger partial charge in [-0.15, -0.1) is 0 Å². The molecule has 6 nitrogen and oxygen atoms in total. The number of ether oxygens (including phenoxy) is 1. The van der Waals surface area contributed by atoms with Crippen molar-refractivity contribution in [3.63, 3.8) is 0 Å². The highest BCUT2D eigenvalue weighted by Crippen LogP contribution is 2.10. The summed E-state index contributed by atoms with van der Waals surface area (Å²) in [6.45, 7) is 1.87. The number of hydrogen-bond donors (Lipinski definition) is 1. The maximum atomic E-state index is 8.80. The molecule has 0 unspecified atom stereocenters. The van der Waals surface area contributed by atoms with Crippen LogP contribution in [0.2, 0.25) is 0 Å². The van der Waals surface area contributed by atoms with Crippen LogP contribution >= 0.6 is 0 Å². The van der Waals surface area contributed by atoms with E-state index in [1.165, 1.54) is 0 Å². The second-order valence-corrected chi connectivity index (χ2v) is 3.16. The molecule has 0 aliphatic rings. The van der Waals surface area contributed by atoms with Crippen molar-refractivity contribution in [3.05, 3.63) is 35.7 Å². The lowest BCUT2D eigenvalue weighted by molar-refractivity contribution is 0.272. The van der Waals surface area contributed by atoms with Crippen molar-refractivity contribution in [3.8, 4) is 5.75 Å². The zero-order valence-corrected chi connectivity index (χ0v) is 8.75. The van der Waals surface area contributed by atoms with Gasteiger partial charge in [0, 0.05) is 6.92 Å². The number of nitrogens with zero attached hydrogens (tertiary/aromatic N) is 3. The maximum absolute atomic E-state index is 8.80. The Hall–Kier alpha value is -1.95. The first kappa shape index (κ1) is 10.6.